The average molecular weight is 711 g/mol. The van der Waals surface area contributed by atoms with Crippen LogP contribution >= 0.6 is 0 Å². The molecule has 3 heterocycles. The summed E-state index contributed by atoms with van der Waals surface area (Å²) in [6.45, 7) is 11.3. The minimum absolute atomic E-state index is 0.0523. The number of carbonyl (C=O) groups excluding carboxylic acids is 2. The number of ketones is 1. The van der Waals surface area contributed by atoms with Crippen molar-refractivity contribution >= 4 is 42.4 Å². The van der Waals surface area contributed by atoms with E-state index < -0.39 is 64.6 Å². The number of esters is 1. The summed E-state index contributed by atoms with van der Waals surface area (Å²) in [5.74, 6) is -4.30. The summed E-state index contributed by atoms with van der Waals surface area (Å²) in [6, 6.07) is 12.1. The number of hydrogen-bond acceptors (Lipinski definition) is 11. The number of Topliss-reactive ketones (excluding diaryl/α,β-unsaturated/α-hetero) is 1. The van der Waals surface area contributed by atoms with E-state index in [2.05, 4.69) is 21.3 Å². The predicted octanol–water partition coefficient (Wildman–Crippen LogP) is 3.54. The molecule has 12 nitrogen and oxygen atoms in total. The Kier molecular flexibility index (Phi) is 13.1. The zero-order valence-corrected chi connectivity index (χ0v) is 31.2. The molecule has 9 atom stereocenters. The number of fused-ring (bicyclic) bond motifs is 1. The summed E-state index contributed by atoms with van der Waals surface area (Å²) >= 11 is 0. The predicted molar refractivity (Wildman–Crippen MR) is 203 cm³/mol. The van der Waals surface area contributed by atoms with Crippen LogP contribution in [0, 0.1) is 30.2 Å². The number of para-hydroxylation sites is 1. The molecule has 276 valence electrons. The van der Waals surface area contributed by atoms with E-state index in [0.717, 1.165) is 21.0 Å². The van der Waals surface area contributed by atoms with Crippen molar-refractivity contribution in [1.29, 1.82) is 0 Å². The Balaban J connectivity index is 1.72. The van der Waals surface area contributed by atoms with Crippen LogP contribution < -0.4 is 16.7 Å². The third-order valence-corrected chi connectivity index (χ3v) is 10.4. The van der Waals surface area contributed by atoms with Gasteiger partial charge in [0.2, 0.25) is 5.72 Å². The zero-order valence-electron chi connectivity index (χ0n) is 31.2. The van der Waals surface area contributed by atoms with Crippen LogP contribution in [0.4, 0.5) is 5.82 Å². The van der Waals surface area contributed by atoms with Crippen LogP contribution in [0.25, 0.3) is 17.0 Å². The molecule has 2 radical (unpaired) electrons. The minimum Gasteiger partial charge on any atom is -0.457 e. The van der Waals surface area contributed by atoms with Crippen LogP contribution in [-0.2, 0) is 24.8 Å². The van der Waals surface area contributed by atoms with Crippen molar-refractivity contribution in [1.82, 2.24) is 24.8 Å². The van der Waals surface area contributed by atoms with Crippen molar-refractivity contribution in [2.24, 2.45) is 17.8 Å². The molecular formula is C39H51BN6O6. The van der Waals surface area contributed by atoms with Gasteiger partial charge in [-0.1, -0.05) is 57.5 Å². The van der Waals surface area contributed by atoms with Gasteiger partial charge >= 0.3 is 11.7 Å². The first kappa shape index (κ1) is 40.3. The van der Waals surface area contributed by atoms with E-state index in [1.165, 1.54) is 19.2 Å². The Labute approximate surface area is 307 Å². The Morgan fingerprint density at radius 2 is 1.92 bits per heavy atom. The van der Waals surface area contributed by atoms with Gasteiger partial charge in [0.1, 0.15) is 23.6 Å². The molecule has 4 rings (SSSR count). The second kappa shape index (κ2) is 16.9. The number of cyclic esters (lactones) is 1. The number of terminal acetylenes is 1. The summed E-state index contributed by atoms with van der Waals surface area (Å²) < 4.78 is 13.5. The van der Waals surface area contributed by atoms with E-state index in [1.807, 2.05) is 75.2 Å². The number of nitrogens with zero attached hydrogens (tertiary/aromatic N) is 4. The largest absolute Gasteiger partial charge is 0.457 e. The quantitative estimate of drug-likeness (QED) is 0.108. The highest BCUT2D eigenvalue weighted by Gasteiger charge is 2.52. The second-order valence-electron chi connectivity index (χ2n) is 14.3. The summed E-state index contributed by atoms with van der Waals surface area (Å²) in [5.41, 5.74) is 3.47. The Morgan fingerprint density at radius 1 is 1.21 bits per heavy atom. The van der Waals surface area contributed by atoms with Gasteiger partial charge in [-0.05, 0) is 76.2 Å². The third-order valence-electron chi connectivity index (χ3n) is 10.4. The van der Waals surface area contributed by atoms with Crippen molar-refractivity contribution in [3.05, 3.63) is 70.9 Å². The van der Waals surface area contributed by atoms with Crippen molar-refractivity contribution in [3.8, 4) is 12.5 Å². The van der Waals surface area contributed by atoms with Gasteiger partial charge in [0.15, 0.2) is 6.10 Å². The van der Waals surface area contributed by atoms with Crippen LogP contribution in [0.2, 0.25) is 5.82 Å². The smallest absolute Gasteiger partial charge is 0.352 e. The molecule has 1 saturated heterocycles. The van der Waals surface area contributed by atoms with Crippen molar-refractivity contribution in [3.63, 3.8) is 0 Å². The van der Waals surface area contributed by atoms with Crippen LogP contribution in [0.15, 0.2) is 59.7 Å². The number of pyridine rings is 1. The van der Waals surface area contributed by atoms with Gasteiger partial charge in [0.25, 0.3) is 0 Å². The number of hydrogen-bond donors (Lipinski definition) is 3. The standard InChI is InChI=1S/C39H51BN6O6/c1-9-31-39(50,46-18-17-32(41)44-37(46)49)35(42-10-2)27(6)45(8)23-24(3)21-38(7,34(40)25(4)33(47)26(5)36(48)52-31)51-19-13-14-28-20-29-15-11-12-16-30(29)43-22-28/h2,11-18,20,22,24-27,31,34-35,42,50H,9,19,21,23H2,1,3-8H3,(H2,41,44,49)/b14-13+/t24-,25+,26-,27-,31-,34-,35-,38-,39-/m1/s1. The molecule has 0 amide bonds. The van der Waals surface area contributed by atoms with Gasteiger partial charge in [-0.2, -0.15) is 4.98 Å². The molecule has 0 spiro atoms. The van der Waals surface area contributed by atoms with Crippen molar-refractivity contribution in [2.45, 2.75) is 89.7 Å². The molecule has 0 bridgehead atoms. The Morgan fingerprint density at radius 3 is 2.60 bits per heavy atom. The minimum atomic E-state index is -2.26. The third kappa shape index (κ3) is 8.57. The summed E-state index contributed by atoms with van der Waals surface area (Å²) in [4.78, 5) is 51.3. The van der Waals surface area contributed by atoms with Gasteiger partial charge < -0.3 is 30.5 Å². The molecule has 13 heteroatoms. The topological polar surface area (TPSA) is 162 Å². The van der Waals surface area contributed by atoms with E-state index in [1.54, 1.807) is 20.0 Å². The van der Waals surface area contributed by atoms with E-state index >= 15 is 0 Å². The van der Waals surface area contributed by atoms with E-state index in [0.29, 0.717) is 13.0 Å². The van der Waals surface area contributed by atoms with Gasteiger partial charge in [-0.25, -0.2) is 4.79 Å². The maximum atomic E-state index is 13.9. The van der Waals surface area contributed by atoms with Crippen LogP contribution in [0.5, 0.6) is 0 Å². The number of aliphatic hydroxyl groups is 1. The number of benzene rings is 1. The Bertz CT molecular complexity index is 1860. The number of ether oxygens (including phenoxy) is 2. The second-order valence-corrected chi connectivity index (χ2v) is 14.3. The zero-order chi connectivity index (χ0) is 38.4. The lowest BCUT2D eigenvalue weighted by atomic mass is 9.62. The monoisotopic (exact) mass is 710 g/mol. The number of likely N-dealkylation sites (N-methyl/N-ethyl adjacent to an activating group) is 1. The molecule has 3 aromatic rings. The Hall–Kier alpha value is -4.51. The summed E-state index contributed by atoms with van der Waals surface area (Å²) in [5, 5.41) is 16.6. The van der Waals surface area contributed by atoms with Crippen LogP contribution in [0.1, 0.15) is 59.9 Å². The van der Waals surface area contributed by atoms with E-state index in [-0.39, 0.29) is 24.8 Å². The fourth-order valence-electron chi connectivity index (χ4n) is 7.36. The molecule has 1 fully saturated rings. The molecule has 52 heavy (non-hydrogen) atoms. The number of carbonyl (C=O) groups is 2. The molecule has 4 N–H and O–H groups in total. The first-order chi connectivity index (χ1) is 24.6. The van der Waals surface area contributed by atoms with Gasteiger partial charge in [0, 0.05) is 42.3 Å². The first-order valence-corrected chi connectivity index (χ1v) is 17.7. The number of nitrogens with two attached hydrogens (primary N) is 1. The molecule has 0 saturated carbocycles. The highest BCUT2D eigenvalue weighted by atomic mass is 16.6. The lowest BCUT2D eigenvalue weighted by Crippen LogP contribution is -2.67. The fraction of sp³-hybridized carbons (Fsp3) is 0.513. The van der Waals surface area contributed by atoms with Crippen molar-refractivity contribution in [2.75, 3.05) is 25.9 Å². The molecule has 1 aromatic carbocycles. The van der Waals surface area contributed by atoms with Gasteiger partial charge in [0.05, 0.1) is 25.6 Å². The maximum absolute atomic E-state index is 13.9. The molecule has 0 unspecified atom stereocenters. The van der Waals surface area contributed by atoms with Crippen molar-refractivity contribution < 1.29 is 24.2 Å². The highest BCUT2D eigenvalue weighted by molar-refractivity contribution is 6.15. The highest BCUT2D eigenvalue weighted by Crippen LogP contribution is 2.39. The number of aromatic nitrogens is 3. The summed E-state index contributed by atoms with van der Waals surface area (Å²) in [7, 11) is 8.77. The number of rotatable bonds is 7. The van der Waals surface area contributed by atoms with E-state index in [4.69, 9.17) is 29.5 Å². The lowest BCUT2D eigenvalue weighted by molar-refractivity contribution is -0.201. The fourth-order valence-corrected chi connectivity index (χ4v) is 7.36. The van der Waals surface area contributed by atoms with Gasteiger partial charge in [-0.3, -0.25) is 19.1 Å². The molecule has 1 aliphatic rings. The number of nitrogen functional groups attached to an aromatic ring is 1. The lowest BCUT2D eigenvalue weighted by Gasteiger charge is -2.46. The molecule has 2 aromatic heterocycles. The summed E-state index contributed by atoms with van der Waals surface area (Å²) in [6.07, 6.45) is 11.8. The SMILES string of the molecule is [B][C@@H]1[C@@H](C)C(=O)[C@@H](C)C(=O)O[C@H](CC)[C@](O)(n2ccc(N)nc2=O)[C@H](NC#C)[C@@H](C)N(C)C[C@H](C)C[C@@]1(C)OC/C=C/c1cnc2ccccc2c1. The molecular weight excluding hydrogens is 659 g/mol. The number of nitrogens with one attached hydrogen (secondary N) is 1. The first-order valence-electron chi connectivity index (χ1n) is 17.7. The van der Waals surface area contributed by atoms with E-state index in [9.17, 15) is 19.5 Å². The molecule has 1 aliphatic heterocycles. The normalized spacial score (nSPS) is 31.4. The average Bonchev–Trinajstić information content (AvgIpc) is 3.12. The van der Waals surface area contributed by atoms with Crippen LogP contribution in [0.3, 0.4) is 0 Å². The maximum Gasteiger partial charge on any atom is 0.352 e. The van der Waals surface area contributed by atoms with Gasteiger partial charge in [-0.15, -0.1) is 0 Å². The van der Waals surface area contributed by atoms with Crippen LogP contribution in [-0.4, -0.2) is 88.1 Å². The molecule has 0 aliphatic carbocycles. The number of anilines is 1.